The Bertz CT molecular complexity index is 798. The second-order valence-corrected chi connectivity index (χ2v) is 4.58. The van der Waals surface area contributed by atoms with Crippen molar-refractivity contribution in [3.63, 3.8) is 0 Å². The molecule has 21 heavy (non-hydrogen) atoms. The second-order valence-electron chi connectivity index (χ2n) is 4.58. The van der Waals surface area contributed by atoms with E-state index in [1.54, 1.807) is 30.6 Å². The predicted octanol–water partition coefficient (Wildman–Crippen LogP) is 2.49. The van der Waals surface area contributed by atoms with Crippen LogP contribution in [0.3, 0.4) is 0 Å². The average Bonchev–Trinajstić information content (AvgIpc) is 2.51. The van der Waals surface area contributed by atoms with Crippen molar-refractivity contribution in [2.45, 2.75) is 6.54 Å². The lowest BCUT2D eigenvalue weighted by atomic mass is 10.1. The maximum Gasteiger partial charge on any atom is 0.267 e. The smallest absolute Gasteiger partial charge is 0.267 e. The van der Waals surface area contributed by atoms with Gasteiger partial charge in [-0.3, -0.25) is 9.78 Å². The summed E-state index contributed by atoms with van der Waals surface area (Å²) >= 11 is 0. The quantitative estimate of drug-likeness (QED) is 0.741. The van der Waals surface area contributed by atoms with Gasteiger partial charge in [0, 0.05) is 24.0 Å². The van der Waals surface area contributed by atoms with E-state index < -0.39 is 0 Å². The molecule has 0 bridgehead atoms. The number of rotatable bonds is 3. The first kappa shape index (κ1) is 13.2. The molecule has 4 nitrogen and oxygen atoms in total. The maximum atomic E-state index is 13.0. The van der Waals surface area contributed by atoms with Gasteiger partial charge in [-0.2, -0.15) is 5.10 Å². The molecule has 0 unspecified atom stereocenters. The number of hydrogen-bond donors (Lipinski definition) is 0. The van der Waals surface area contributed by atoms with Gasteiger partial charge in [0.05, 0.1) is 12.2 Å². The molecule has 5 heteroatoms. The van der Waals surface area contributed by atoms with Crippen LogP contribution >= 0.6 is 0 Å². The highest BCUT2D eigenvalue weighted by atomic mass is 19.1. The molecule has 0 N–H and O–H groups in total. The van der Waals surface area contributed by atoms with Crippen LogP contribution in [0.15, 0.2) is 65.7 Å². The van der Waals surface area contributed by atoms with E-state index in [9.17, 15) is 9.18 Å². The Morgan fingerprint density at radius 3 is 2.57 bits per heavy atom. The van der Waals surface area contributed by atoms with E-state index >= 15 is 0 Å². The molecule has 0 radical (unpaired) electrons. The third-order valence-electron chi connectivity index (χ3n) is 3.06. The SMILES string of the molecule is O=c1ccc(-c2ccc(F)cc2)nn1Cc1cccnc1. The molecule has 0 saturated heterocycles. The van der Waals surface area contributed by atoms with Crippen LogP contribution in [0.25, 0.3) is 11.3 Å². The van der Waals surface area contributed by atoms with E-state index in [1.807, 2.05) is 12.1 Å². The highest BCUT2D eigenvalue weighted by molar-refractivity contribution is 5.57. The molecule has 0 amide bonds. The molecule has 104 valence electrons. The summed E-state index contributed by atoms with van der Waals surface area (Å²) in [5.74, 6) is -0.303. The van der Waals surface area contributed by atoms with Crippen LogP contribution in [0.5, 0.6) is 0 Å². The van der Waals surface area contributed by atoms with Gasteiger partial charge in [-0.1, -0.05) is 6.07 Å². The molecule has 0 spiro atoms. The van der Waals surface area contributed by atoms with Gasteiger partial charge in [-0.25, -0.2) is 9.07 Å². The summed E-state index contributed by atoms with van der Waals surface area (Å²) in [6.07, 6.45) is 3.37. The molecule has 2 aromatic heterocycles. The number of halogens is 1. The van der Waals surface area contributed by atoms with E-state index in [0.717, 1.165) is 11.1 Å². The van der Waals surface area contributed by atoms with E-state index in [2.05, 4.69) is 10.1 Å². The van der Waals surface area contributed by atoms with Gasteiger partial charge in [0.1, 0.15) is 5.82 Å². The largest absolute Gasteiger partial charge is 0.268 e. The van der Waals surface area contributed by atoms with Crippen LogP contribution in [0, 0.1) is 5.82 Å². The van der Waals surface area contributed by atoms with Crippen molar-refractivity contribution in [3.8, 4) is 11.3 Å². The molecule has 1 aromatic carbocycles. The molecule has 0 aliphatic rings. The first-order valence-corrected chi connectivity index (χ1v) is 6.45. The second kappa shape index (κ2) is 5.66. The number of benzene rings is 1. The van der Waals surface area contributed by atoms with Gasteiger partial charge in [-0.05, 0) is 42.0 Å². The highest BCUT2D eigenvalue weighted by Crippen LogP contribution is 2.15. The molecule has 0 saturated carbocycles. The van der Waals surface area contributed by atoms with Gasteiger partial charge in [0.2, 0.25) is 0 Å². The lowest BCUT2D eigenvalue weighted by Crippen LogP contribution is -2.22. The standard InChI is InChI=1S/C16H12FN3O/c17-14-5-3-13(4-6-14)15-7-8-16(21)20(19-15)11-12-2-1-9-18-10-12/h1-10H,11H2. The summed E-state index contributed by atoms with van der Waals surface area (Å²) in [6, 6.07) is 12.8. The fraction of sp³-hybridized carbons (Fsp3) is 0.0625. The Morgan fingerprint density at radius 1 is 1.05 bits per heavy atom. The fourth-order valence-corrected chi connectivity index (χ4v) is 2.00. The van der Waals surface area contributed by atoms with Gasteiger partial charge in [0.15, 0.2) is 0 Å². The van der Waals surface area contributed by atoms with Gasteiger partial charge >= 0.3 is 0 Å². The molecule has 0 atom stereocenters. The van der Waals surface area contributed by atoms with Crippen LogP contribution in [-0.4, -0.2) is 14.8 Å². The summed E-state index contributed by atoms with van der Waals surface area (Å²) < 4.78 is 14.3. The molecule has 3 rings (SSSR count). The topological polar surface area (TPSA) is 47.8 Å². The molecule has 2 heterocycles. The van der Waals surface area contributed by atoms with Crippen molar-refractivity contribution in [3.05, 3.63) is 82.7 Å². The summed E-state index contributed by atoms with van der Waals surface area (Å²) in [7, 11) is 0. The van der Waals surface area contributed by atoms with Crippen molar-refractivity contribution in [1.82, 2.24) is 14.8 Å². The first-order valence-electron chi connectivity index (χ1n) is 6.45. The number of nitrogens with zero attached hydrogens (tertiary/aromatic N) is 3. The molecule has 0 fully saturated rings. The van der Waals surface area contributed by atoms with Gasteiger partial charge in [0.25, 0.3) is 5.56 Å². The van der Waals surface area contributed by atoms with E-state index in [1.165, 1.54) is 22.9 Å². The Labute approximate surface area is 120 Å². The van der Waals surface area contributed by atoms with Crippen LogP contribution in [0.2, 0.25) is 0 Å². The van der Waals surface area contributed by atoms with E-state index in [4.69, 9.17) is 0 Å². The lowest BCUT2D eigenvalue weighted by Gasteiger charge is -2.07. The average molecular weight is 281 g/mol. The van der Waals surface area contributed by atoms with Crippen molar-refractivity contribution in [1.29, 1.82) is 0 Å². The summed E-state index contributed by atoms with van der Waals surface area (Å²) in [5.41, 5.74) is 2.09. The van der Waals surface area contributed by atoms with Crippen molar-refractivity contribution in [2.24, 2.45) is 0 Å². The molecule has 0 aliphatic carbocycles. The maximum absolute atomic E-state index is 13.0. The molecular weight excluding hydrogens is 269 g/mol. The zero-order valence-electron chi connectivity index (χ0n) is 11.1. The van der Waals surface area contributed by atoms with Gasteiger partial charge in [-0.15, -0.1) is 0 Å². The Hall–Kier alpha value is -2.82. The highest BCUT2D eigenvalue weighted by Gasteiger charge is 2.04. The summed E-state index contributed by atoms with van der Waals surface area (Å²) in [6.45, 7) is 0.349. The van der Waals surface area contributed by atoms with Crippen LogP contribution in [-0.2, 0) is 6.54 Å². The zero-order chi connectivity index (χ0) is 14.7. The Balaban J connectivity index is 1.96. The number of pyridine rings is 1. The first-order chi connectivity index (χ1) is 10.2. The third kappa shape index (κ3) is 3.02. The minimum atomic E-state index is -0.303. The van der Waals surface area contributed by atoms with Crippen LogP contribution < -0.4 is 5.56 Å². The van der Waals surface area contributed by atoms with Crippen molar-refractivity contribution >= 4 is 0 Å². The monoisotopic (exact) mass is 281 g/mol. The van der Waals surface area contributed by atoms with Crippen molar-refractivity contribution < 1.29 is 4.39 Å². The Morgan fingerprint density at radius 2 is 1.86 bits per heavy atom. The van der Waals surface area contributed by atoms with Crippen LogP contribution in [0.4, 0.5) is 4.39 Å². The Kier molecular flexibility index (Phi) is 3.55. The molecule has 0 aliphatic heterocycles. The normalized spacial score (nSPS) is 10.5. The zero-order valence-corrected chi connectivity index (χ0v) is 11.1. The van der Waals surface area contributed by atoms with Crippen LogP contribution in [0.1, 0.15) is 5.56 Å². The molecular formula is C16H12FN3O. The summed E-state index contributed by atoms with van der Waals surface area (Å²) in [5, 5.41) is 4.32. The third-order valence-corrected chi connectivity index (χ3v) is 3.06. The van der Waals surface area contributed by atoms with E-state index in [-0.39, 0.29) is 11.4 Å². The fourth-order valence-electron chi connectivity index (χ4n) is 2.00. The lowest BCUT2D eigenvalue weighted by molar-refractivity contribution is 0.627. The summed E-state index contributed by atoms with van der Waals surface area (Å²) in [4.78, 5) is 15.9. The van der Waals surface area contributed by atoms with E-state index in [0.29, 0.717) is 12.2 Å². The van der Waals surface area contributed by atoms with Crippen molar-refractivity contribution in [2.75, 3.05) is 0 Å². The number of hydrogen-bond acceptors (Lipinski definition) is 3. The molecule has 3 aromatic rings. The minimum absolute atomic E-state index is 0.190. The predicted molar refractivity (Wildman–Crippen MR) is 77.2 cm³/mol. The number of aromatic nitrogens is 3. The minimum Gasteiger partial charge on any atom is -0.268 e. The van der Waals surface area contributed by atoms with Gasteiger partial charge < -0.3 is 0 Å².